The van der Waals surface area contributed by atoms with Crippen molar-refractivity contribution in [2.45, 2.75) is 84.2 Å². The number of rotatable bonds is 10. The highest BCUT2D eigenvalue weighted by atomic mass is 16.4. The van der Waals surface area contributed by atoms with E-state index in [1.165, 1.54) is 18.4 Å². The summed E-state index contributed by atoms with van der Waals surface area (Å²) < 4.78 is 0. The molecule has 1 rings (SSSR count). The van der Waals surface area contributed by atoms with Crippen LogP contribution in [-0.2, 0) is 4.79 Å². The number of hydrogen-bond donors (Lipinski definition) is 2. The molecule has 0 aliphatic heterocycles. The number of unbranched alkanes of at least 4 members (excludes halogenated alkanes) is 4. The second-order valence-electron chi connectivity index (χ2n) is 6.68. The minimum Gasteiger partial charge on any atom is -0.481 e. The lowest BCUT2D eigenvalue weighted by molar-refractivity contribution is -0.139. The zero-order valence-electron chi connectivity index (χ0n) is 14.4. The highest BCUT2D eigenvalue weighted by Crippen LogP contribution is 2.38. The first kappa shape index (κ1) is 19.0. The van der Waals surface area contributed by atoms with E-state index in [-0.39, 0.29) is 12.3 Å². The second-order valence-corrected chi connectivity index (χ2v) is 6.68. The summed E-state index contributed by atoms with van der Waals surface area (Å²) in [7, 11) is 0. The van der Waals surface area contributed by atoms with Gasteiger partial charge in [0.05, 0.1) is 12.0 Å². The maximum atomic E-state index is 11.1. The summed E-state index contributed by atoms with van der Waals surface area (Å²) in [6.07, 6.45) is 12.8. The Labute approximate surface area is 135 Å². The first-order valence-electron chi connectivity index (χ1n) is 8.77. The Kier molecular flexibility index (Phi) is 7.88. The van der Waals surface area contributed by atoms with Crippen LogP contribution >= 0.6 is 0 Å². The van der Waals surface area contributed by atoms with Crippen molar-refractivity contribution < 1.29 is 15.0 Å². The molecule has 0 radical (unpaired) electrons. The smallest absolute Gasteiger partial charge is 0.304 e. The van der Waals surface area contributed by atoms with Crippen LogP contribution in [0.1, 0.15) is 78.6 Å². The number of hydrogen-bond acceptors (Lipinski definition) is 2. The third kappa shape index (κ3) is 5.60. The lowest BCUT2D eigenvalue weighted by atomic mass is 9.73. The van der Waals surface area contributed by atoms with Crippen LogP contribution in [0, 0.1) is 5.92 Å². The number of carboxylic acids is 1. The molecular weight excluding hydrogens is 276 g/mol. The molecule has 22 heavy (non-hydrogen) atoms. The van der Waals surface area contributed by atoms with Crippen molar-refractivity contribution >= 4 is 5.97 Å². The summed E-state index contributed by atoms with van der Waals surface area (Å²) in [5, 5.41) is 20.0. The normalized spacial score (nSPS) is 24.8. The molecule has 0 spiro atoms. The van der Waals surface area contributed by atoms with Crippen molar-refractivity contribution in [2.24, 2.45) is 5.92 Å². The summed E-state index contributed by atoms with van der Waals surface area (Å²) >= 11 is 0. The minimum absolute atomic E-state index is 0.00457. The number of carbonyl (C=O) groups is 1. The van der Waals surface area contributed by atoms with Gasteiger partial charge in [0, 0.05) is 5.92 Å². The van der Waals surface area contributed by atoms with Crippen LogP contribution in [0.25, 0.3) is 0 Å². The number of aliphatic hydroxyl groups is 1. The van der Waals surface area contributed by atoms with Crippen LogP contribution in [0.3, 0.4) is 0 Å². The maximum absolute atomic E-state index is 11.1. The van der Waals surface area contributed by atoms with E-state index in [4.69, 9.17) is 5.11 Å². The average molecular weight is 308 g/mol. The fourth-order valence-corrected chi connectivity index (χ4v) is 3.15. The summed E-state index contributed by atoms with van der Waals surface area (Å²) in [5.41, 5.74) is 1.19. The Hall–Kier alpha value is -1.09. The molecule has 2 atom stereocenters. The average Bonchev–Trinajstić information content (AvgIpc) is 2.43. The predicted molar refractivity (Wildman–Crippen MR) is 90.8 cm³/mol. The van der Waals surface area contributed by atoms with E-state index in [9.17, 15) is 9.90 Å². The van der Waals surface area contributed by atoms with Gasteiger partial charge in [-0.15, -0.1) is 0 Å². The molecule has 3 heteroatoms. The van der Waals surface area contributed by atoms with Crippen molar-refractivity contribution in [3.8, 4) is 0 Å². The standard InChI is InChI=1S/C19H32O3/c1-4-6-8-10-15-12-16(11-9-7-5-2)19(3,22)17(13-15)14-18(20)21/h12-13,17,22H,4-11,14H2,1-3H3,(H,20,21). The number of carboxylic acid groups (broad SMARTS) is 1. The van der Waals surface area contributed by atoms with E-state index < -0.39 is 11.6 Å². The first-order valence-corrected chi connectivity index (χ1v) is 8.77. The van der Waals surface area contributed by atoms with Crippen LogP contribution < -0.4 is 0 Å². The SMILES string of the molecule is CCCCCC1=CC(CC(=O)O)C(C)(O)C(CCCCC)=C1. The van der Waals surface area contributed by atoms with E-state index in [1.807, 2.05) is 6.08 Å². The molecule has 0 aromatic rings. The van der Waals surface area contributed by atoms with Gasteiger partial charge in [-0.3, -0.25) is 4.79 Å². The second kappa shape index (κ2) is 9.14. The molecule has 2 N–H and O–H groups in total. The Morgan fingerprint density at radius 1 is 1.14 bits per heavy atom. The Bertz CT molecular complexity index is 418. The zero-order chi connectivity index (χ0) is 16.6. The molecule has 0 saturated carbocycles. The largest absolute Gasteiger partial charge is 0.481 e. The van der Waals surface area contributed by atoms with E-state index >= 15 is 0 Å². The molecule has 0 aromatic carbocycles. The van der Waals surface area contributed by atoms with Gasteiger partial charge in [-0.25, -0.2) is 0 Å². The van der Waals surface area contributed by atoms with Crippen molar-refractivity contribution in [3.63, 3.8) is 0 Å². The molecule has 0 bridgehead atoms. The molecule has 1 aliphatic carbocycles. The molecule has 0 amide bonds. The minimum atomic E-state index is -1.03. The highest BCUT2D eigenvalue weighted by molar-refractivity contribution is 5.68. The van der Waals surface area contributed by atoms with E-state index in [0.717, 1.165) is 44.1 Å². The quantitative estimate of drug-likeness (QED) is 0.567. The van der Waals surface area contributed by atoms with Crippen LogP contribution in [-0.4, -0.2) is 21.8 Å². The summed E-state index contributed by atoms with van der Waals surface area (Å²) in [6.45, 7) is 6.12. The molecule has 126 valence electrons. The molecule has 0 heterocycles. The van der Waals surface area contributed by atoms with Crippen molar-refractivity contribution in [1.29, 1.82) is 0 Å². The Morgan fingerprint density at radius 3 is 2.27 bits per heavy atom. The van der Waals surface area contributed by atoms with E-state index in [2.05, 4.69) is 19.9 Å². The van der Waals surface area contributed by atoms with Crippen molar-refractivity contribution in [2.75, 3.05) is 0 Å². The van der Waals surface area contributed by atoms with Gasteiger partial charge < -0.3 is 10.2 Å². The van der Waals surface area contributed by atoms with Gasteiger partial charge in [-0.2, -0.15) is 0 Å². The van der Waals surface area contributed by atoms with Crippen LogP contribution in [0.2, 0.25) is 0 Å². The molecule has 1 aliphatic rings. The highest BCUT2D eigenvalue weighted by Gasteiger charge is 2.37. The van der Waals surface area contributed by atoms with Crippen molar-refractivity contribution in [3.05, 3.63) is 23.3 Å². The lowest BCUT2D eigenvalue weighted by Gasteiger charge is -2.37. The third-order valence-electron chi connectivity index (χ3n) is 4.66. The Balaban J connectivity index is 2.88. The summed E-state index contributed by atoms with van der Waals surface area (Å²) in [5.74, 6) is -1.16. The predicted octanol–water partition coefficient (Wildman–Crippen LogP) is 4.86. The van der Waals surface area contributed by atoms with Gasteiger partial charge in [-0.1, -0.05) is 57.3 Å². The Morgan fingerprint density at radius 2 is 1.73 bits per heavy atom. The number of allylic oxidation sites excluding steroid dienone is 2. The summed E-state index contributed by atoms with van der Waals surface area (Å²) in [6, 6.07) is 0. The van der Waals surface area contributed by atoms with Gasteiger partial charge in [0.15, 0.2) is 0 Å². The van der Waals surface area contributed by atoms with Crippen molar-refractivity contribution in [1.82, 2.24) is 0 Å². The molecular formula is C19H32O3. The topological polar surface area (TPSA) is 57.5 Å². The molecule has 0 fully saturated rings. The van der Waals surface area contributed by atoms with Crippen LogP contribution in [0.5, 0.6) is 0 Å². The maximum Gasteiger partial charge on any atom is 0.304 e. The fraction of sp³-hybridized carbons (Fsp3) is 0.737. The first-order chi connectivity index (χ1) is 10.4. The molecule has 0 aromatic heterocycles. The molecule has 2 unspecified atom stereocenters. The van der Waals surface area contributed by atoms with Gasteiger partial charge in [0.25, 0.3) is 0 Å². The van der Waals surface area contributed by atoms with Gasteiger partial charge in [0.2, 0.25) is 0 Å². The van der Waals surface area contributed by atoms with Gasteiger partial charge >= 0.3 is 5.97 Å². The zero-order valence-corrected chi connectivity index (χ0v) is 14.4. The van der Waals surface area contributed by atoms with Crippen LogP contribution in [0.15, 0.2) is 23.3 Å². The molecule has 3 nitrogen and oxygen atoms in total. The third-order valence-corrected chi connectivity index (χ3v) is 4.66. The summed E-state index contributed by atoms with van der Waals surface area (Å²) in [4.78, 5) is 11.1. The molecule has 0 saturated heterocycles. The lowest BCUT2D eigenvalue weighted by Crippen LogP contribution is -2.39. The monoisotopic (exact) mass is 308 g/mol. The van der Waals surface area contributed by atoms with Crippen LogP contribution in [0.4, 0.5) is 0 Å². The van der Waals surface area contributed by atoms with Gasteiger partial charge in [0.1, 0.15) is 0 Å². The number of aliphatic carboxylic acids is 1. The van der Waals surface area contributed by atoms with E-state index in [0.29, 0.717) is 0 Å². The van der Waals surface area contributed by atoms with E-state index in [1.54, 1.807) is 6.92 Å². The fourth-order valence-electron chi connectivity index (χ4n) is 3.15. The van der Waals surface area contributed by atoms with Gasteiger partial charge in [-0.05, 0) is 38.2 Å².